The molecule has 2 aromatic rings. The topological polar surface area (TPSA) is 41.1 Å². The van der Waals surface area contributed by atoms with Gasteiger partial charge in [-0.15, -0.1) is 0 Å². The molecule has 0 aliphatic carbocycles. The summed E-state index contributed by atoms with van der Waals surface area (Å²) in [5.41, 5.74) is 1.61. The Balaban J connectivity index is 1.92. The molecule has 0 aromatic heterocycles. The highest BCUT2D eigenvalue weighted by molar-refractivity contribution is 6.44. The Morgan fingerprint density at radius 2 is 1.68 bits per heavy atom. The van der Waals surface area contributed by atoms with E-state index in [2.05, 4.69) is 10.6 Å². The number of halogens is 3. The van der Waals surface area contributed by atoms with Crippen LogP contribution in [-0.4, -0.2) is 12.5 Å². The van der Waals surface area contributed by atoms with Gasteiger partial charge in [-0.25, -0.2) is 0 Å². The molecule has 0 saturated heterocycles. The first-order valence-electron chi connectivity index (χ1n) is 6.70. The van der Waals surface area contributed by atoms with E-state index in [4.69, 9.17) is 34.8 Å². The van der Waals surface area contributed by atoms with E-state index in [1.165, 1.54) is 6.07 Å². The molecule has 1 atom stereocenters. The van der Waals surface area contributed by atoms with Crippen LogP contribution in [0.4, 0.5) is 5.69 Å². The summed E-state index contributed by atoms with van der Waals surface area (Å²) in [6.45, 7) is 2.02. The van der Waals surface area contributed by atoms with Crippen molar-refractivity contribution in [3.8, 4) is 0 Å². The Morgan fingerprint density at radius 1 is 1.05 bits per heavy atom. The maximum Gasteiger partial charge on any atom is 0.239 e. The predicted octanol–water partition coefficient (Wildman–Crippen LogP) is 4.94. The molecule has 0 bridgehead atoms. The number of benzene rings is 2. The summed E-state index contributed by atoms with van der Waals surface area (Å²) >= 11 is 17.8. The Bertz CT molecular complexity index is 662. The van der Waals surface area contributed by atoms with E-state index in [-0.39, 0.29) is 18.5 Å². The number of nitrogens with one attached hydrogen (secondary N) is 2. The predicted molar refractivity (Wildman–Crippen MR) is 93.0 cm³/mol. The van der Waals surface area contributed by atoms with Crippen molar-refractivity contribution < 1.29 is 4.79 Å². The molecular weight excluding hydrogens is 343 g/mol. The first-order valence-corrected chi connectivity index (χ1v) is 7.83. The number of carbonyl (C=O) groups is 1. The highest BCUT2D eigenvalue weighted by Gasteiger charge is 2.11. The third-order valence-electron chi connectivity index (χ3n) is 3.13. The molecule has 22 heavy (non-hydrogen) atoms. The standard InChI is InChI=1S/C16H15Cl3N2O/c1-10(11-5-3-2-4-6-11)21-16(22)9-20-15-8-13(18)12(17)7-14(15)19/h2-8,10,20H,9H2,1H3,(H,21,22). The molecule has 3 nitrogen and oxygen atoms in total. The molecule has 0 saturated carbocycles. The summed E-state index contributed by atoms with van der Waals surface area (Å²) < 4.78 is 0. The average Bonchev–Trinajstić information content (AvgIpc) is 2.50. The lowest BCUT2D eigenvalue weighted by Gasteiger charge is -2.15. The van der Waals surface area contributed by atoms with Gasteiger partial charge in [0.1, 0.15) is 0 Å². The van der Waals surface area contributed by atoms with Crippen LogP contribution in [0.25, 0.3) is 0 Å². The molecule has 2 aromatic carbocycles. The van der Waals surface area contributed by atoms with E-state index >= 15 is 0 Å². The largest absolute Gasteiger partial charge is 0.375 e. The first-order chi connectivity index (χ1) is 10.5. The van der Waals surface area contributed by atoms with Crippen LogP contribution in [0, 0.1) is 0 Å². The van der Waals surface area contributed by atoms with Crippen molar-refractivity contribution in [2.75, 3.05) is 11.9 Å². The molecule has 2 N–H and O–H groups in total. The number of rotatable bonds is 5. The molecule has 6 heteroatoms. The summed E-state index contributed by atoms with van der Waals surface area (Å²) in [6, 6.07) is 12.8. The van der Waals surface area contributed by atoms with Gasteiger partial charge in [0.25, 0.3) is 0 Å². The molecule has 0 aliphatic rings. The lowest BCUT2D eigenvalue weighted by molar-refractivity contribution is -0.120. The number of amides is 1. The van der Waals surface area contributed by atoms with E-state index in [0.29, 0.717) is 20.8 Å². The summed E-state index contributed by atoms with van der Waals surface area (Å²) in [7, 11) is 0. The summed E-state index contributed by atoms with van der Waals surface area (Å²) in [6.07, 6.45) is 0. The van der Waals surface area contributed by atoms with Crippen molar-refractivity contribution >= 4 is 46.4 Å². The fraction of sp³-hybridized carbons (Fsp3) is 0.188. The summed E-state index contributed by atoms with van der Waals surface area (Å²) in [4.78, 5) is 12.0. The molecule has 1 amide bonds. The Morgan fingerprint density at radius 3 is 2.36 bits per heavy atom. The fourth-order valence-corrected chi connectivity index (χ4v) is 2.56. The monoisotopic (exact) mass is 356 g/mol. The van der Waals surface area contributed by atoms with Crippen LogP contribution in [0.5, 0.6) is 0 Å². The number of hydrogen-bond acceptors (Lipinski definition) is 2. The van der Waals surface area contributed by atoms with Crippen molar-refractivity contribution in [3.63, 3.8) is 0 Å². The Kier molecular flexibility index (Phi) is 5.95. The van der Waals surface area contributed by atoms with Gasteiger partial charge in [0.15, 0.2) is 0 Å². The molecule has 2 rings (SSSR count). The van der Waals surface area contributed by atoms with Gasteiger partial charge >= 0.3 is 0 Å². The van der Waals surface area contributed by atoms with E-state index in [9.17, 15) is 4.79 Å². The SMILES string of the molecule is CC(NC(=O)CNc1cc(Cl)c(Cl)cc1Cl)c1ccccc1. The van der Waals surface area contributed by atoms with Gasteiger partial charge in [-0.2, -0.15) is 0 Å². The van der Waals surface area contributed by atoms with Crippen molar-refractivity contribution in [2.24, 2.45) is 0 Å². The minimum absolute atomic E-state index is 0.0697. The Labute approximate surface area is 144 Å². The maximum absolute atomic E-state index is 12.0. The third-order valence-corrected chi connectivity index (χ3v) is 4.16. The van der Waals surface area contributed by atoms with Crippen molar-refractivity contribution in [2.45, 2.75) is 13.0 Å². The molecule has 0 aliphatic heterocycles. The molecule has 116 valence electrons. The van der Waals surface area contributed by atoms with E-state index in [1.54, 1.807) is 6.07 Å². The zero-order valence-corrected chi connectivity index (χ0v) is 14.1. The van der Waals surface area contributed by atoms with Gasteiger partial charge in [-0.05, 0) is 24.6 Å². The van der Waals surface area contributed by atoms with Crippen LogP contribution in [0.1, 0.15) is 18.5 Å². The van der Waals surface area contributed by atoms with Gasteiger partial charge in [0.05, 0.1) is 33.3 Å². The quantitative estimate of drug-likeness (QED) is 0.744. The fourth-order valence-electron chi connectivity index (χ4n) is 1.95. The second kappa shape index (κ2) is 7.73. The lowest BCUT2D eigenvalue weighted by atomic mass is 10.1. The second-order valence-corrected chi connectivity index (χ2v) is 6.02. The third kappa shape index (κ3) is 4.54. The van der Waals surface area contributed by atoms with Crippen LogP contribution in [0.3, 0.4) is 0 Å². The minimum Gasteiger partial charge on any atom is -0.375 e. The smallest absolute Gasteiger partial charge is 0.239 e. The molecular formula is C16H15Cl3N2O. The van der Waals surface area contributed by atoms with Crippen molar-refractivity contribution in [1.82, 2.24) is 5.32 Å². The molecule has 0 heterocycles. The van der Waals surface area contributed by atoms with Crippen LogP contribution in [0.15, 0.2) is 42.5 Å². The van der Waals surface area contributed by atoms with Gasteiger partial charge in [0.2, 0.25) is 5.91 Å². The van der Waals surface area contributed by atoms with Gasteiger partial charge in [0, 0.05) is 0 Å². The lowest BCUT2D eigenvalue weighted by Crippen LogP contribution is -2.32. The molecule has 0 spiro atoms. The molecule has 0 fully saturated rings. The van der Waals surface area contributed by atoms with Gasteiger partial charge in [-0.3, -0.25) is 4.79 Å². The Hall–Kier alpha value is -1.42. The minimum atomic E-state index is -0.140. The maximum atomic E-state index is 12.0. The van der Waals surface area contributed by atoms with E-state index in [1.807, 2.05) is 37.3 Å². The number of carbonyl (C=O) groups excluding carboxylic acids is 1. The van der Waals surface area contributed by atoms with Gasteiger partial charge in [-0.1, -0.05) is 65.1 Å². The van der Waals surface area contributed by atoms with E-state index < -0.39 is 0 Å². The molecule has 0 radical (unpaired) electrons. The van der Waals surface area contributed by atoms with Crippen LogP contribution in [-0.2, 0) is 4.79 Å². The molecule has 1 unspecified atom stereocenters. The highest BCUT2D eigenvalue weighted by atomic mass is 35.5. The average molecular weight is 358 g/mol. The summed E-state index contributed by atoms with van der Waals surface area (Å²) in [5, 5.41) is 7.03. The summed E-state index contributed by atoms with van der Waals surface area (Å²) in [5.74, 6) is -0.140. The van der Waals surface area contributed by atoms with Crippen molar-refractivity contribution in [1.29, 1.82) is 0 Å². The van der Waals surface area contributed by atoms with Crippen LogP contribution in [0.2, 0.25) is 15.1 Å². The van der Waals surface area contributed by atoms with Crippen molar-refractivity contribution in [3.05, 3.63) is 63.1 Å². The van der Waals surface area contributed by atoms with Gasteiger partial charge < -0.3 is 10.6 Å². The second-order valence-electron chi connectivity index (χ2n) is 4.80. The number of hydrogen-bond donors (Lipinski definition) is 2. The van der Waals surface area contributed by atoms with Crippen LogP contribution < -0.4 is 10.6 Å². The van der Waals surface area contributed by atoms with E-state index in [0.717, 1.165) is 5.56 Å². The first kappa shape index (κ1) is 16.9. The normalized spacial score (nSPS) is 11.8. The number of anilines is 1. The highest BCUT2D eigenvalue weighted by Crippen LogP contribution is 2.32. The zero-order chi connectivity index (χ0) is 16.1. The van der Waals surface area contributed by atoms with Crippen LogP contribution >= 0.6 is 34.8 Å². The zero-order valence-electron chi connectivity index (χ0n) is 11.9.